The second kappa shape index (κ2) is 6.61. The summed E-state index contributed by atoms with van der Waals surface area (Å²) in [5.41, 5.74) is 1.19. The monoisotopic (exact) mass is 290 g/mol. The van der Waals surface area contributed by atoms with E-state index in [0.29, 0.717) is 12.5 Å². The first kappa shape index (κ1) is 15.4. The number of carbonyl (C=O) groups is 2. The van der Waals surface area contributed by atoms with Gasteiger partial charge in [-0.05, 0) is 36.5 Å². The second-order valence-electron chi connectivity index (χ2n) is 5.83. The molecule has 1 aliphatic heterocycles. The van der Waals surface area contributed by atoms with Crippen LogP contribution in [0.1, 0.15) is 35.7 Å². The molecule has 1 fully saturated rings. The Bertz CT molecular complexity index is 513. The molecule has 1 aliphatic rings. The van der Waals surface area contributed by atoms with Crippen LogP contribution in [0.15, 0.2) is 24.3 Å². The Balaban J connectivity index is 1.95. The molecule has 1 N–H and O–H groups in total. The summed E-state index contributed by atoms with van der Waals surface area (Å²) in [6.07, 6.45) is 2.25. The number of carboxylic acid groups (broad SMARTS) is 1. The molecule has 1 aromatic carbocycles. The first-order valence-corrected chi connectivity index (χ1v) is 7.29. The zero-order valence-electron chi connectivity index (χ0n) is 12.6. The van der Waals surface area contributed by atoms with E-state index in [1.54, 1.807) is 36.2 Å². The maximum Gasteiger partial charge on any atom is 0.335 e. The van der Waals surface area contributed by atoms with Gasteiger partial charge < -0.3 is 14.9 Å². The normalized spacial score (nSPS) is 18.4. The van der Waals surface area contributed by atoms with Crippen LogP contribution in [0.4, 0.5) is 4.79 Å². The molecule has 1 heterocycles. The van der Waals surface area contributed by atoms with Gasteiger partial charge in [-0.25, -0.2) is 9.59 Å². The summed E-state index contributed by atoms with van der Waals surface area (Å²) < 4.78 is 0. The summed E-state index contributed by atoms with van der Waals surface area (Å²) in [6.45, 7) is 4.31. The largest absolute Gasteiger partial charge is 0.478 e. The van der Waals surface area contributed by atoms with Gasteiger partial charge in [0.05, 0.1) is 5.56 Å². The van der Waals surface area contributed by atoms with Crippen LogP contribution >= 0.6 is 0 Å². The lowest BCUT2D eigenvalue weighted by Crippen LogP contribution is -2.45. The first-order valence-electron chi connectivity index (χ1n) is 7.29. The number of aromatic carboxylic acids is 1. The van der Waals surface area contributed by atoms with E-state index in [1.165, 1.54) is 6.42 Å². The van der Waals surface area contributed by atoms with Crippen molar-refractivity contribution in [1.82, 2.24) is 9.80 Å². The molecule has 0 bridgehead atoms. The third kappa shape index (κ3) is 3.97. The van der Waals surface area contributed by atoms with Gasteiger partial charge in [-0.1, -0.05) is 19.1 Å². The molecule has 1 saturated heterocycles. The van der Waals surface area contributed by atoms with Gasteiger partial charge in [0.1, 0.15) is 0 Å². The molecular formula is C16H22N2O3. The van der Waals surface area contributed by atoms with E-state index < -0.39 is 5.97 Å². The van der Waals surface area contributed by atoms with Crippen molar-refractivity contribution >= 4 is 12.0 Å². The molecule has 1 aromatic rings. The van der Waals surface area contributed by atoms with Crippen molar-refractivity contribution < 1.29 is 14.7 Å². The standard InChI is InChI=1S/C16H22N2O3/c1-12-4-3-9-18(10-12)16(21)17(2)11-13-5-7-14(8-6-13)15(19)20/h5-8,12H,3-4,9-11H2,1-2H3,(H,19,20). The molecule has 1 atom stereocenters. The van der Waals surface area contributed by atoms with Crippen LogP contribution in [0.3, 0.4) is 0 Å². The van der Waals surface area contributed by atoms with E-state index >= 15 is 0 Å². The van der Waals surface area contributed by atoms with Crippen LogP contribution in [-0.4, -0.2) is 47.0 Å². The molecule has 0 radical (unpaired) electrons. The maximum atomic E-state index is 12.4. The van der Waals surface area contributed by atoms with Crippen molar-refractivity contribution in [2.45, 2.75) is 26.3 Å². The summed E-state index contributed by atoms with van der Waals surface area (Å²) in [5.74, 6) is -0.376. The van der Waals surface area contributed by atoms with Gasteiger partial charge >= 0.3 is 12.0 Å². The third-order valence-electron chi connectivity index (χ3n) is 3.87. The number of likely N-dealkylation sites (tertiary alicyclic amines) is 1. The minimum Gasteiger partial charge on any atom is -0.478 e. The molecule has 0 aliphatic carbocycles. The highest BCUT2D eigenvalue weighted by Crippen LogP contribution is 2.17. The minimum absolute atomic E-state index is 0.0452. The van der Waals surface area contributed by atoms with Crippen LogP contribution in [0.25, 0.3) is 0 Å². The zero-order valence-corrected chi connectivity index (χ0v) is 12.6. The maximum absolute atomic E-state index is 12.4. The van der Waals surface area contributed by atoms with Gasteiger partial charge in [-0.15, -0.1) is 0 Å². The Hall–Kier alpha value is -2.04. The van der Waals surface area contributed by atoms with Crippen LogP contribution in [-0.2, 0) is 6.54 Å². The first-order chi connectivity index (χ1) is 9.97. The zero-order chi connectivity index (χ0) is 15.4. The average Bonchev–Trinajstić information content (AvgIpc) is 2.47. The fraction of sp³-hybridized carbons (Fsp3) is 0.500. The van der Waals surface area contributed by atoms with Crippen LogP contribution in [0, 0.1) is 5.92 Å². The predicted molar refractivity (Wildman–Crippen MR) is 80.2 cm³/mol. The van der Waals surface area contributed by atoms with Crippen LogP contribution < -0.4 is 0 Å². The summed E-state index contributed by atoms with van der Waals surface area (Å²) in [7, 11) is 1.78. The lowest BCUT2D eigenvalue weighted by Gasteiger charge is -2.34. The molecule has 114 valence electrons. The molecular weight excluding hydrogens is 268 g/mol. The van der Waals surface area contributed by atoms with Gasteiger partial charge in [0.15, 0.2) is 0 Å². The average molecular weight is 290 g/mol. The summed E-state index contributed by atoms with van der Waals surface area (Å²) >= 11 is 0. The Morgan fingerprint density at radius 1 is 1.33 bits per heavy atom. The molecule has 1 unspecified atom stereocenters. The van der Waals surface area contributed by atoms with Gasteiger partial charge in [0.25, 0.3) is 0 Å². The van der Waals surface area contributed by atoms with Crippen molar-refractivity contribution in [3.8, 4) is 0 Å². The molecule has 2 rings (SSSR count). The number of carbonyl (C=O) groups excluding carboxylic acids is 1. The van der Waals surface area contributed by atoms with Crippen molar-refractivity contribution in [2.75, 3.05) is 20.1 Å². The molecule has 0 saturated carbocycles. The highest BCUT2D eigenvalue weighted by molar-refractivity contribution is 5.87. The number of benzene rings is 1. The topological polar surface area (TPSA) is 60.9 Å². The number of urea groups is 1. The highest BCUT2D eigenvalue weighted by atomic mass is 16.4. The number of piperidine rings is 1. The third-order valence-corrected chi connectivity index (χ3v) is 3.87. The summed E-state index contributed by atoms with van der Waals surface area (Å²) in [4.78, 5) is 26.8. The molecule has 0 spiro atoms. The number of rotatable bonds is 3. The van der Waals surface area contributed by atoms with Gasteiger partial charge in [-0.2, -0.15) is 0 Å². The molecule has 0 aromatic heterocycles. The van der Waals surface area contributed by atoms with E-state index in [0.717, 1.165) is 25.1 Å². The molecule has 5 nitrogen and oxygen atoms in total. The molecule has 5 heteroatoms. The van der Waals surface area contributed by atoms with Gasteiger partial charge in [0.2, 0.25) is 0 Å². The predicted octanol–water partition coefficient (Wildman–Crippen LogP) is 2.67. The van der Waals surface area contributed by atoms with E-state index in [2.05, 4.69) is 6.92 Å². The number of hydrogen-bond acceptors (Lipinski definition) is 2. The lowest BCUT2D eigenvalue weighted by molar-refractivity contribution is 0.0696. The van der Waals surface area contributed by atoms with E-state index in [-0.39, 0.29) is 11.6 Å². The van der Waals surface area contributed by atoms with E-state index in [1.807, 2.05) is 4.90 Å². The number of amides is 2. The molecule has 2 amide bonds. The SMILES string of the molecule is CC1CCCN(C(=O)N(C)Cc2ccc(C(=O)O)cc2)C1. The minimum atomic E-state index is -0.937. The second-order valence-corrected chi connectivity index (χ2v) is 5.83. The van der Waals surface area contributed by atoms with Crippen molar-refractivity contribution in [3.63, 3.8) is 0 Å². The Morgan fingerprint density at radius 2 is 2.00 bits per heavy atom. The number of hydrogen-bond donors (Lipinski definition) is 1. The lowest BCUT2D eigenvalue weighted by atomic mass is 10.0. The van der Waals surface area contributed by atoms with Crippen LogP contribution in [0.5, 0.6) is 0 Å². The van der Waals surface area contributed by atoms with Gasteiger partial charge in [-0.3, -0.25) is 0 Å². The van der Waals surface area contributed by atoms with Gasteiger partial charge in [0, 0.05) is 26.7 Å². The number of carboxylic acids is 1. The smallest absolute Gasteiger partial charge is 0.335 e. The highest BCUT2D eigenvalue weighted by Gasteiger charge is 2.23. The van der Waals surface area contributed by atoms with E-state index in [9.17, 15) is 9.59 Å². The van der Waals surface area contributed by atoms with Crippen molar-refractivity contribution in [2.24, 2.45) is 5.92 Å². The number of nitrogens with zero attached hydrogens (tertiary/aromatic N) is 2. The molecule has 21 heavy (non-hydrogen) atoms. The summed E-state index contributed by atoms with van der Waals surface area (Å²) in [5, 5.41) is 8.87. The fourth-order valence-electron chi connectivity index (χ4n) is 2.70. The van der Waals surface area contributed by atoms with Crippen LogP contribution in [0.2, 0.25) is 0 Å². The summed E-state index contributed by atoms with van der Waals surface area (Å²) in [6, 6.07) is 6.69. The Labute approximate surface area is 125 Å². The Morgan fingerprint density at radius 3 is 2.57 bits per heavy atom. The van der Waals surface area contributed by atoms with Crippen molar-refractivity contribution in [3.05, 3.63) is 35.4 Å². The van der Waals surface area contributed by atoms with E-state index in [4.69, 9.17) is 5.11 Å². The van der Waals surface area contributed by atoms with Crippen molar-refractivity contribution in [1.29, 1.82) is 0 Å². The quantitative estimate of drug-likeness (QED) is 0.931. The fourth-order valence-corrected chi connectivity index (χ4v) is 2.70. The Kier molecular flexibility index (Phi) is 4.83.